The summed E-state index contributed by atoms with van der Waals surface area (Å²) in [6.45, 7) is 6.11. The van der Waals surface area contributed by atoms with Gasteiger partial charge in [0.25, 0.3) is 0 Å². The summed E-state index contributed by atoms with van der Waals surface area (Å²) < 4.78 is 0.909. The lowest BCUT2D eigenvalue weighted by molar-refractivity contribution is -0.116. The van der Waals surface area contributed by atoms with E-state index in [0.717, 1.165) is 10.2 Å². The Morgan fingerprint density at radius 1 is 1.35 bits per heavy atom. The number of urea groups is 1. The minimum absolute atomic E-state index is 0.0610. The molecule has 0 heterocycles. The lowest BCUT2D eigenvalue weighted by Crippen LogP contribution is -2.43. The van der Waals surface area contributed by atoms with E-state index in [-0.39, 0.29) is 18.0 Å². The van der Waals surface area contributed by atoms with Crippen LogP contribution in [0, 0.1) is 0 Å². The third-order valence-electron chi connectivity index (χ3n) is 2.54. The fourth-order valence-corrected chi connectivity index (χ4v) is 2.09. The summed E-state index contributed by atoms with van der Waals surface area (Å²) in [7, 11) is 0. The average molecular weight is 342 g/mol. The molecule has 2 N–H and O–H groups in total. The Morgan fingerprint density at radius 2 is 2.05 bits per heavy atom. The fourth-order valence-electron chi connectivity index (χ4n) is 1.71. The number of rotatable bonds is 5. The predicted octanol–water partition coefficient (Wildman–Crippen LogP) is 2.51. The summed E-state index contributed by atoms with van der Waals surface area (Å²) in [5.41, 5.74) is 0.804. The molecule has 0 saturated heterocycles. The molecule has 0 aliphatic carbocycles. The molecule has 1 rings (SSSR count). The van der Waals surface area contributed by atoms with Crippen LogP contribution >= 0.6 is 15.9 Å². The lowest BCUT2D eigenvalue weighted by Gasteiger charge is -2.22. The van der Waals surface area contributed by atoms with Crippen LogP contribution in [0.25, 0.3) is 0 Å². The highest BCUT2D eigenvalue weighted by Gasteiger charge is 2.12. The Bertz CT molecular complexity index is 477. The molecule has 110 valence electrons. The largest absolute Gasteiger partial charge is 0.336 e. The van der Waals surface area contributed by atoms with Crippen LogP contribution in [0.4, 0.5) is 10.5 Å². The molecule has 6 heteroatoms. The fraction of sp³-hybridized carbons (Fsp3) is 0.429. The molecule has 1 aromatic carbocycles. The summed E-state index contributed by atoms with van der Waals surface area (Å²) >= 11 is 3.38. The molecule has 20 heavy (non-hydrogen) atoms. The average Bonchev–Trinajstić information content (AvgIpc) is 2.33. The number of carbonyl (C=O) groups is 2. The Hall–Kier alpha value is -1.56. The maximum absolute atomic E-state index is 11.7. The zero-order chi connectivity index (χ0) is 15.1. The van der Waals surface area contributed by atoms with Crippen LogP contribution in [0.1, 0.15) is 20.8 Å². The van der Waals surface area contributed by atoms with Gasteiger partial charge in [0, 0.05) is 36.2 Å². The first-order chi connectivity index (χ1) is 9.40. The van der Waals surface area contributed by atoms with E-state index in [9.17, 15) is 9.59 Å². The van der Waals surface area contributed by atoms with Crippen molar-refractivity contribution in [3.05, 3.63) is 28.7 Å². The van der Waals surface area contributed by atoms with Crippen molar-refractivity contribution in [2.45, 2.75) is 26.8 Å². The molecule has 0 aliphatic rings. The highest BCUT2D eigenvalue weighted by atomic mass is 79.9. The van der Waals surface area contributed by atoms with Gasteiger partial charge in [-0.25, -0.2) is 4.79 Å². The van der Waals surface area contributed by atoms with Crippen LogP contribution in [0.5, 0.6) is 0 Å². The summed E-state index contributed by atoms with van der Waals surface area (Å²) in [6, 6.07) is 7.36. The Balaban J connectivity index is 2.57. The molecular weight excluding hydrogens is 322 g/mol. The SMILES string of the molecule is CC(=O)N(CCNC(=O)NC(C)C)c1cccc(Br)c1. The molecule has 0 unspecified atom stereocenters. The van der Waals surface area contributed by atoms with Crippen LogP contribution in [-0.4, -0.2) is 31.1 Å². The molecule has 0 saturated carbocycles. The maximum Gasteiger partial charge on any atom is 0.315 e. The van der Waals surface area contributed by atoms with E-state index < -0.39 is 0 Å². The highest BCUT2D eigenvalue weighted by molar-refractivity contribution is 9.10. The number of anilines is 1. The molecule has 0 aromatic heterocycles. The second-order valence-corrected chi connectivity index (χ2v) is 5.62. The number of amides is 3. The number of halogens is 1. The zero-order valence-electron chi connectivity index (χ0n) is 11.9. The van der Waals surface area contributed by atoms with Crippen molar-refractivity contribution >= 4 is 33.6 Å². The van der Waals surface area contributed by atoms with E-state index in [1.165, 1.54) is 6.92 Å². The maximum atomic E-state index is 11.7. The van der Waals surface area contributed by atoms with Gasteiger partial charge < -0.3 is 15.5 Å². The van der Waals surface area contributed by atoms with E-state index in [2.05, 4.69) is 26.6 Å². The topological polar surface area (TPSA) is 61.4 Å². The Morgan fingerprint density at radius 3 is 2.60 bits per heavy atom. The first-order valence-corrected chi connectivity index (χ1v) is 7.27. The van der Waals surface area contributed by atoms with Crippen molar-refractivity contribution in [2.75, 3.05) is 18.0 Å². The third kappa shape index (κ3) is 5.61. The van der Waals surface area contributed by atoms with Crippen molar-refractivity contribution in [1.29, 1.82) is 0 Å². The Kier molecular flexibility index (Phi) is 6.51. The lowest BCUT2D eigenvalue weighted by atomic mass is 10.3. The number of carbonyl (C=O) groups excluding carboxylic acids is 2. The van der Waals surface area contributed by atoms with E-state index >= 15 is 0 Å². The molecule has 0 fully saturated rings. The van der Waals surface area contributed by atoms with Crippen LogP contribution in [0.2, 0.25) is 0 Å². The van der Waals surface area contributed by atoms with E-state index in [1.54, 1.807) is 4.90 Å². The van der Waals surface area contributed by atoms with Gasteiger partial charge in [-0.1, -0.05) is 22.0 Å². The van der Waals surface area contributed by atoms with Crippen molar-refractivity contribution in [3.63, 3.8) is 0 Å². The van der Waals surface area contributed by atoms with Crippen LogP contribution in [-0.2, 0) is 4.79 Å². The molecule has 1 aromatic rings. The second kappa shape index (κ2) is 7.89. The summed E-state index contributed by atoms with van der Waals surface area (Å²) in [4.78, 5) is 24.8. The number of hydrogen-bond acceptors (Lipinski definition) is 2. The highest BCUT2D eigenvalue weighted by Crippen LogP contribution is 2.19. The molecular formula is C14H20BrN3O2. The van der Waals surface area contributed by atoms with Gasteiger partial charge in [-0.05, 0) is 32.0 Å². The molecule has 0 spiro atoms. The third-order valence-corrected chi connectivity index (χ3v) is 3.03. The van der Waals surface area contributed by atoms with Crippen LogP contribution < -0.4 is 15.5 Å². The van der Waals surface area contributed by atoms with Gasteiger partial charge in [-0.3, -0.25) is 4.79 Å². The molecule has 0 radical (unpaired) electrons. The summed E-state index contributed by atoms with van der Waals surface area (Å²) in [5.74, 6) is -0.0610. The van der Waals surface area contributed by atoms with Crippen molar-refractivity contribution < 1.29 is 9.59 Å². The quantitative estimate of drug-likeness (QED) is 0.864. The van der Waals surface area contributed by atoms with Gasteiger partial charge >= 0.3 is 6.03 Å². The minimum Gasteiger partial charge on any atom is -0.336 e. The van der Waals surface area contributed by atoms with Gasteiger partial charge in [0.15, 0.2) is 0 Å². The Labute approximate surface area is 127 Å². The van der Waals surface area contributed by atoms with E-state index in [4.69, 9.17) is 0 Å². The molecule has 0 aliphatic heterocycles. The molecule has 0 atom stereocenters. The van der Waals surface area contributed by atoms with Gasteiger partial charge in [-0.15, -0.1) is 0 Å². The number of hydrogen-bond donors (Lipinski definition) is 2. The molecule has 3 amide bonds. The van der Waals surface area contributed by atoms with Gasteiger partial charge in [0.1, 0.15) is 0 Å². The second-order valence-electron chi connectivity index (χ2n) is 4.71. The van der Waals surface area contributed by atoms with Crippen LogP contribution in [0.15, 0.2) is 28.7 Å². The van der Waals surface area contributed by atoms with Crippen molar-refractivity contribution in [1.82, 2.24) is 10.6 Å². The monoisotopic (exact) mass is 341 g/mol. The van der Waals surface area contributed by atoms with Crippen molar-refractivity contribution in [3.8, 4) is 0 Å². The number of nitrogens with zero attached hydrogens (tertiary/aromatic N) is 1. The van der Waals surface area contributed by atoms with Crippen molar-refractivity contribution in [2.24, 2.45) is 0 Å². The van der Waals surface area contributed by atoms with Gasteiger partial charge in [-0.2, -0.15) is 0 Å². The predicted molar refractivity (Wildman–Crippen MR) is 83.8 cm³/mol. The smallest absolute Gasteiger partial charge is 0.315 e. The first-order valence-electron chi connectivity index (χ1n) is 6.48. The van der Waals surface area contributed by atoms with E-state index in [1.807, 2.05) is 38.1 Å². The summed E-state index contributed by atoms with van der Waals surface area (Å²) in [5, 5.41) is 5.46. The zero-order valence-corrected chi connectivity index (χ0v) is 13.5. The van der Waals surface area contributed by atoms with Gasteiger partial charge in [0.05, 0.1) is 0 Å². The standard InChI is InChI=1S/C14H20BrN3O2/c1-10(2)17-14(20)16-7-8-18(11(3)19)13-6-4-5-12(15)9-13/h4-6,9-10H,7-8H2,1-3H3,(H2,16,17,20). The van der Waals surface area contributed by atoms with Gasteiger partial charge in [0.2, 0.25) is 5.91 Å². The number of benzene rings is 1. The molecule has 5 nitrogen and oxygen atoms in total. The normalized spacial score (nSPS) is 10.2. The van der Waals surface area contributed by atoms with Crippen LogP contribution in [0.3, 0.4) is 0 Å². The first kappa shape index (κ1) is 16.5. The summed E-state index contributed by atoms with van der Waals surface area (Å²) in [6.07, 6.45) is 0. The minimum atomic E-state index is -0.224. The van der Waals surface area contributed by atoms with E-state index in [0.29, 0.717) is 13.1 Å². The molecule has 0 bridgehead atoms. The number of nitrogens with one attached hydrogen (secondary N) is 2.